The van der Waals surface area contributed by atoms with E-state index in [0.29, 0.717) is 6.29 Å². The van der Waals surface area contributed by atoms with Crippen molar-refractivity contribution >= 4 is 6.29 Å². The van der Waals surface area contributed by atoms with E-state index in [1.807, 2.05) is 30.3 Å². The van der Waals surface area contributed by atoms with E-state index >= 15 is 0 Å². The number of nitrogens with zero attached hydrogens (tertiary/aromatic N) is 1. The quantitative estimate of drug-likeness (QED) is 0.556. The fraction of sp³-hybridized carbons (Fsp3) is 0. The molecule has 1 heterocycles. The largest absolute Gasteiger partial charge is 0.289 e. The standard InChI is InChI=1S/C12H8N2O/c15-8-4-7-11-9-13-14-12(11)10-5-2-1-3-6-10/h1-3,5-6,8-9H,(H,13,14). The van der Waals surface area contributed by atoms with Crippen LogP contribution in [0.3, 0.4) is 0 Å². The second kappa shape index (κ2) is 4.25. The first kappa shape index (κ1) is 9.22. The highest BCUT2D eigenvalue weighted by Crippen LogP contribution is 2.19. The van der Waals surface area contributed by atoms with Gasteiger partial charge in [-0.2, -0.15) is 5.10 Å². The van der Waals surface area contributed by atoms with E-state index in [-0.39, 0.29) is 0 Å². The molecule has 0 atom stereocenters. The maximum atomic E-state index is 10.1. The van der Waals surface area contributed by atoms with E-state index in [2.05, 4.69) is 22.0 Å². The van der Waals surface area contributed by atoms with Gasteiger partial charge in [0.2, 0.25) is 0 Å². The number of H-pyrrole nitrogens is 1. The molecule has 0 radical (unpaired) electrons. The molecule has 0 aliphatic rings. The number of benzene rings is 1. The molecule has 2 aromatic rings. The van der Waals surface area contributed by atoms with Crippen LogP contribution < -0.4 is 0 Å². The molecule has 1 aromatic carbocycles. The van der Waals surface area contributed by atoms with Gasteiger partial charge in [0.05, 0.1) is 17.5 Å². The van der Waals surface area contributed by atoms with Crippen LogP contribution >= 0.6 is 0 Å². The topological polar surface area (TPSA) is 45.8 Å². The minimum Gasteiger partial charge on any atom is -0.289 e. The van der Waals surface area contributed by atoms with Crippen LogP contribution in [-0.2, 0) is 4.79 Å². The molecule has 1 aromatic heterocycles. The molecular formula is C12H8N2O. The first-order valence-corrected chi connectivity index (χ1v) is 4.46. The van der Waals surface area contributed by atoms with Gasteiger partial charge in [-0.1, -0.05) is 36.3 Å². The van der Waals surface area contributed by atoms with E-state index in [1.165, 1.54) is 0 Å². The van der Waals surface area contributed by atoms with Crippen LogP contribution in [0.4, 0.5) is 0 Å². The summed E-state index contributed by atoms with van der Waals surface area (Å²) in [6.45, 7) is 0. The lowest BCUT2D eigenvalue weighted by Gasteiger charge is -1.96. The molecule has 0 aliphatic heterocycles. The van der Waals surface area contributed by atoms with Crippen LogP contribution in [0.1, 0.15) is 5.56 Å². The Labute approximate surface area is 87.1 Å². The Bertz CT molecular complexity index is 517. The average Bonchev–Trinajstić information content (AvgIpc) is 2.75. The maximum absolute atomic E-state index is 10.1. The number of carbonyl (C=O) groups is 1. The molecule has 0 fully saturated rings. The van der Waals surface area contributed by atoms with Crippen molar-refractivity contribution in [2.75, 3.05) is 0 Å². The molecule has 2 rings (SSSR count). The van der Waals surface area contributed by atoms with Gasteiger partial charge in [-0.05, 0) is 5.92 Å². The molecule has 0 bridgehead atoms. The second-order valence-corrected chi connectivity index (χ2v) is 2.91. The number of hydrogen-bond donors (Lipinski definition) is 1. The van der Waals surface area contributed by atoms with Crippen LogP contribution in [0, 0.1) is 11.8 Å². The van der Waals surface area contributed by atoms with E-state index in [4.69, 9.17) is 0 Å². The Morgan fingerprint density at radius 1 is 1.27 bits per heavy atom. The van der Waals surface area contributed by atoms with Crippen LogP contribution in [0.5, 0.6) is 0 Å². The lowest BCUT2D eigenvalue weighted by atomic mass is 10.1. The van der Waals surface area contributed by atoms with Gasteiger partial charge in [0, 0.05) is 5.56 Å². The third-order valence-corrected chi connectivity index (χ3v) is 1.97. The Hall–Kier alpha value is -2.34. The molecule has 1 N–H and O–H groups in total. The number of rotatable bonds is 1. The zero-order valence-corrected chi connectivity index (χ0v) is 7.90. The molecule has 72 valence electrons. The molecule has 0 saturated carbocycles. The molecule has 0 aliphatic carbocycles. The van der Waals surface area contributed by atoms with E-state index in [0.717, 1.165) is 16.8 Å². The zero-order valence-electron chi connectivity index (χ0n) is 7.90. The summed E-state index contributed by atoms with van der Waals surface area (Å²) >= 11 is 0. The highest BCUT2D eigenvalue weighted by Gasteiger charge is 2.03. The summed E-state index contributed by atoms with van der Waals surface area (Å²) in [5.74, 6) is 5.10. The molecule has 0 amide bonds. The summed E-state index contributed by atoms with van der Waals surface area (Å²) in [5.41, 5.74) is 2.57. The summed E-state index contributed by atoms with van der Waals surface area (Å²) in [6, 6.07) is 9.73. The van der Waals surface area contributed by atoms with E-state index in [1.54, 1.807) is 6.20 Å². The highest BCUT2D eigenvalue weighted by atomic mass is 16.1. The molecule has 15 heavy (non-hydrogen) atoms. The van der Waals surface area contributed by atoms with Crippen molar-refractivity contribution in [1.82, 2.24) is 10.2 Å². The second-order valence-electron chi connectivity index (χ2n) is 2.91. The minimum absolute atomic E-state index is 0.571. The normalized spacial score (nSPS) is 9.07. The highest BCUT2D eigenvalue weighted by molar-refractivity contribution is 5.76. The number of aldehydes is 1. The smallest absolute Gasteiger partial charge is 0.193 e. The van der Waals surface area contributed by atoms with Crippen molar-refractivity contribution in [2.24, 2.45) is 0 Å². The summed E-state index contributed by atoms with van der Waals surface area (Å²) < 4.78 is 0. The summed E-state index contributed by atoms with van der Waals surface area (Å²) in [4.78, 5) is 10.1. The number of carbonyl (C=O) groups excluding carboxylic acids is 1. The fourth-order valence-electron chi connectivity index (χ4n) is 1.31. The molecule has 0 spiro atoms. The third-order valence-electron chi connectivity index (χ3n) is 1.97. The van der Waals surface area contributed by atoms with Gasteiger partial charge in [-0.25, -0.2) is 0 Å². The maximum Gasteiger partial charge on any atom is 0.193 e. The molecule has 3 heteroatoms. The van der Waals surface area contributed by atoms with Gasteiger partial charge in [-0.15, -0.1) is 0 Å². The van der Waals surface area contributed by atoms with Crippen LogP contribution in [0.25, 0.3) is 11.3 Å². The monoisotopic (exact) mass is 196 g/mol. The van der Waals surface area contributed by atoms with Crippen LogP contribution in [-0.4, -0.2) is 16.5 Å². The Kier molecular flexibility index (Phi) is 2.61. The molecule has 0 unspecified atom stereocenters. The minimum atomic E-state index is 0.571. The Balaban J connectivity index is 2.46. The van der Waals surface area contributed by atoms with Crippen LogP contribution in [0.2, 0.25) is 0 Å². The van der Waals surface area contributed by atoms with Crippen molar-refractivity contribution in [1.29, 1.82) is 0 Å². The molecular weight excluding hydrogens is 188 g/mol. The van der Waals surface area contributed by atoms with Gasteiger partial charge in [-0.3, -0.25) is 9.89 Å². The van der Waals surface area contributed by atoms with Gasteiger partial charge in [0.1, 0.15) is 0 Å². The lowest BCUT2D eigenvalue weighted by Crippen LogP contribution is -1.80. The predicted molar refractivity (Wildman–Crippen MR) is 57.0 cm³/mol. The predicted octanol–water partition coefficient (Wildman–Crippen LogP) is 1.63. The van der Waals surface area contributed by atoms with Crippen molar-refractivity contribution in [3.63, 3.8) is 0 Å². The number of aromatic amines is 1. The first-order valence-electron chi connectivity index (χ1n) is 4.46. The number of nitrogens with one attached hydrogen (secondary N) is 1. The van der Waals surface area contributed by atoms with Crippen molar-refractivity contribution in [2.45, 2.75) is 0 Å². The zero-order chi connectivity index (χ0) is 10.5. The summed E-state index contributed by atoms with van der Waals surface area (Å²) in [7, 11) is 0. The van der Waals surface area contributed by atoms with Crippen LogP contribution in [0.15, 0.2) is 36.5 Å². The van der Waals surface area contributed by atoms with Gasteiger partial charge >= 0.3 is 0 Å². The average molecular weight is 196 g/mol. The van der Waals surface area contributed by atoms with Gasteiger partial charge in [0.15, 0.2) is 6.29 Å². The lowest BCUT2D eigenvalue weighted by molar-refractivity contribution is -0.103. The number of aromatic nitrogens is 2. The van der Waals surface area contributed by atoms with Gasteiger partial charge in [0.25, 0.3) is 0 Å². The number of hydrogen-bond acceptors (Lipinski definition) is 2. The van der Waals surface area contributed by atoms with Gasteiger partial charge < -0.3 is 0 Å². The summed E-state index contributed by atoms with van der Waals surface area (Å²) in [5, 5.41) is 6.77. The summed E-state index contributed by atoms with van der Waals surface area (Å²) in [6.07, 6.45) is 2.18. The van der Waals surface area contributed by atoms with Crippen molar-refractivity contribution < 1.29 is 4.79 Å². The Morgan fingerprint density at radius 3 is 2.80 bits per heavy atom. The van der Waals surface area contributed by atoms with E-state index in [9.17, 15) is 4.79 Å². The fourth-order valence-corrected chi connectivity index (χ4v) is 1.31. The van der Waals surface area contributed by atoms with E-state index < -0.39 is 0 Å². The molecule has 3 nitrogen and oxygen atoms in total. The SMILES string of the molecule is O=CC#Cc1cn[nH]c1-c1ccccc1. The van der Waals surface area contributed by atoms with Crippen molar-refractivity contribution in [3.8, 4) is 23.1 Å². The first-order chi connectivity index (χ1) is 7.42. The third kappa shape index (κ3) is 1.94. The van der Waals surface area contributed by atoms with Crippen molar-refractivity contribution in [3.05, 3.63) is 42.1 Å². The Morgan fingerprint density at radius 2 is 2.07 bits per heavy atom. The molecule has 0 saturated heterocycles.